The number of hydrogen-bond acceptors (Lipinski definition) is 6. The van der Waals surface area contributed by atoms with Crippen LogP contribution in [0.2, 0.25) is 0 Å². The number of imide groups is 1. The van der Waals surface area contributed by atoms with Gasteiger partial charge >= 0.3 is 10.8 Å². The molecule has 2 bridgehead atoms. The molecule has 2 aliphatic carbocycles. The van der Waals surface area contributed by atoms with Gasteiger partial charge in [0.15, 0.2) is 0 Å². The fourth-order valence-corrected chi connectivity index (χ4v) is 9.45. The number of fused-ring (bicyclic) bond motifs is 9. The number of carboxylic acids is 1. The molecule has 3 heterocycles. The molecule has 2 N–H and O–H groups in total. The standard InChI is InChI=1S/C22H20N2O5S2/c1-8(21(27)28)24-19(25)14-10-7-11(15(14)20(24)26)16-13(10)12(9-5-3-2-4-6-9)17-18(30-16)23-22(29)31-17/h2-6,8,10-16H,7H2,1H3,(H,23,29)(H,27,28)/t8-,10+,11-,12-,13-,14-,15-,16+/m0/s1. The largest absolute Gasteiger partial charge is 0.480 e. The second-order valence-corrected chi connectivity index (χ2v) is 11.1. The van der Waals surface area contributed by atoms with Crippen molar-refractivity contribution >= 4 is 40.9 Å². The Morgan fingerprint density at radius 1 is 1.13 bits per heavy atom. The number of aromatic amines is 1. The second-order valence-electron chi connectivity index (χ2n) is 8.93. The van der Waals surface area contributed by atoms with Crippen molar-refractivity contribution in [2.75, 3.05) is 0 Å². The average Bonchev–Trinajstić information content (AvgIpc) is 3.47. The van der Waals surface area contributed by atoms with E-state index in [0.29, 0.717) is 0 Å². The van der Waals surface area contributed by atoms with E-state index in [4.69, 9.17) is 0 Å². The molecule has 6 rings (SSSR count). The van der Waals surface area contributed by atoms with Gasteiger partial charge in [-0.3, -0.25) is 19.3 Å². The Morgan fingerprint density at radius 3 is 2.48 bits per heavy atom. The minimum Gasteiger partial charge on any atom is -0.480 e. The van der Waals surface area contributed by atoms with Gasteiger partial charge in [-0.15, -0.1) is 11.8 Å². The number of rotatable bonds is 3. The number of H-pyrrole nitrogens is 1. The number of thiazole rings is 1. The summed E-state index contributed by atoms with van der Waals surface area (Å²) in [5, 5.41) is 10.4. The van der Waals surface area contributed by atoms with Crippen LogP contribution in [0.1, 0.15) is 29.7 Å². The van der Waals surface area contributed by atoms with Gasteiger partial charge in [0.1, 0.15) is 6.04 Å². The van der Waals surface area contributed by atoms with Crippen LogP contribution in [0.25, 0.3) is 0 Å². The highest BCUT2D eigenvalue weighted by molar-refractivity contribution is 8.00. The molecular formula is C22H20N2O5S2. The number of benzene rings is 1. The number of aliphatic carboxylic acids is 1. The predicted octanol–water partition coefficient (Wildman–Crippen LogP) is 2.38. The molecule has 9 heteroatoms. The first-order valence-electron chi connectivity index (χ1n) is 10.4. The molecule has 0 radical (unpaired) electrons. The van der Waals surface area contributed by atoms with Crippen molar-refractivity contribution in [2.24, 2.45) is 29.6 Å². The highest BCUT2D eigenvalue weighted by atomic mass is 32.2. The van der Waals surface area contributed by atoms with E-state index in [1.165, 1.54) is 18.3 Å². The van der Waals surface area contributed by atoms with Crippen LogP contribution < -0.4 is 4.87 Å². The Kier molecular flexibility index (Phi) is 4.08. The molecule has 2 aliphatic heterocycles. The molecule has 0 unspecified atom stereocenters. The number of amides is 2. The molecule has 4 aliphatic rings. The van der Waals surface area contributed by atoms with E-state index in [1.807, 2.05) is 18.2 Å². The number of nitrogens with zero attached hydrogens (tertiary/aromatic N) is 1. The summed E-state index contributed by atoms with van der Waals surface area (Å²) in [6, 6.07) is 8.91. The van der Waals surface area contributed by atoms with E-state index in [-0.39, 0.29) is 45.6 Å². The molecule has 3 fully saturated rings. The number of carbonyl (C=O) groups excluding carboxylic acids is 2. The van der Waals surface area contributed by atoms with E-state index >= 15 is 0 Å². The minimum absolute atomic E-state index is 0.00352. The van der Waals surface area contributed by atoms with Crippen molar-refractivity contribution in [1.82, 2.24) is 9.88 Å². The smallest absolute Gasteiger partial charge is 0.326 e. The zero-order valence-corrected chi connectivity index (χ0v) is 18.2. The summed E-state index contributed by atoms with van der Waals surface area (Å²) in [5.41, 5.74) is 1.12. The molecule has 0 spiro atoms. The van der Waals surface area contributed by atoms with Crippen molar-refractivity contribution < 1.29 is 19.5 Å². The molecule has 1 aromatic heterocycles. The zero-order valence-electron chi connectivity index (χ0n) is 16.6. The van der Waals surface area contributed by atoms with Crippen LogP contribution in [0.3, 0.4) is 0 Å². The summed E-state index contributed by atoms with van der Waals surface area (Å²) in [5.74, 6) is -2.59. The summed E-state index contributed by atoms with van der Waals surface area (Å²) in [7, 11) is 0. The summed E-state index contributed by atoms with van der Waals surface area (Å²) in [6.07, 6.45) is 0.799. The highest BCUT2D eigenvalue weighted by Gasteiger charge is 2.70. The van der Waals surface area contributed by atoms with Crippen LogP contribution in [0, 0.1) is 29.6 Å². The lowest BCUT2D eigenvalue weighted by molar-refractivity contribution is -0.154. The predicted molar refractivity (Wildman–Crippen MR) is 114 cm³/mol. The third-order valence-corrected chi connectivity index (χ3v) is 10.2. The van der Waals surface area contributed by atoms with Gasteiger partial charge in [0.05, 0.1) is 16.9 Å². The number of hydrogen-bond donors (Lipinski definition) is 2. The number of carbonyl (C=O) groups is 3. The molecule has 7 nitrogen and oxygen atoms in total. The molecule has 8 atom stereocenters. The first kappa shape index (κ1) is 19.3. The Balaban J connectivity index is 1.46. The van der Waals surface area contributed by atoms with Crippen molar-refractivity contribution in [3.05, 3.63) is 50.4 Å². The zero-order chi connectivity index (χ0) is 21.6. The van der Waals surface area contributed by atoms with E-state index in [1.54, 1.807) is 11.8 Å². The van der Waals surface area contributed by atoms with Crippen LogP contribution in [0.4, 0.5) is 0 Å². The monoisotopic (exact) mass is 456 g/mol. The molecule has 2 saturated carbocycles. The van der Waals surface area contributed by atoms with Crippen LogP contribution in [-0.2, 0) is 14.4 Å². The molecule has 2 amide bonds. The van der Waals surface area contributed by atoms with Gasteiger partial charge in [0.2, 0.25) is 11.8 Å². The van der Waals surface area contributed by atoms with Gasteiger partial charge in [0, 0.05) is 16.0 Å². The summed E-state index contributed by atoms with van der Waals surface area (Å²) >= 11 is 2.87. The van der Waals surface area contributed by atoms with Gasteiger partial charge in [-0.25, -0.2) is 4.79 Å². The summed E-state index contributed by atoms with van der Waals surface area (Å²) in [4.78, 5) is 55.1. The Labute approximate surface area is 185 Å². The minimum atomic E-state index is -1.16. The maximum Gasteiger partial charge on any atom is 0.326 e. The topological polar surface area (TPSA) is 108 Å². The van der Waals surface area contributed by atoms with Gasteiger partial charge in [-0.05, 0) is 36.7 Å². The SMILES string of the molecule is C[C@@H](C(=O)O)N1C(=O)[C@H]2[C@@H]3C[C@@H]([C@@H]2C1=O)[C@H]1[C@H](c2ccccc2)c2sc(=O)[nH]c2S[C@H]31. The first-order valence-corrected chi connectivity index (χ1v) is 12.1. The fourth-order valence-electron chi connectivity index (χ4n) is 6.57. The van der Waals surface area contributed by atoms with E-state index in [0.717, 1.165) is 26.8 Å². The molecule has 31 heavy (non-hydrogen) atoms. The Hall–Kier alpha value is -2.39. The van der Waals surface area contributed by atoms with E-state index in [2.05, 4.69) is 17.1 Å². The quantitative estimate of drug-likeness (QED) is 0.687. The third-order valence-electron chi connectivity index (χ3n) is 7.66. The maximum atomic E-state index is 13.3. The van der Waals surface area contributed by atoms with Crippen molar-refractivity contribution in [3.63, 3.8) is 0 Å². The lowest BCUT2D eigenvalue weighted by Gasteiger charge is -2.43. The van der Waals surface area contributed by atoms with Crippen LogP contribution >= 0.6 is 23.1 Å². The third kappa shape index (κ3) is 2.47. The summed E-state index contributed by atoms with van der Waals surface area (Å²) < 4.78 is 0. The van der Waals surface area contributed by atoms with Crippen molar-refractivity contribution in [3.8, 4) is 0 Å². The number of nitrogens with one attached hydrogen (secondary N) is 1. The Bertz CT molecular complexity index is 1170. The number of likely N-dealkylation sites (tertiary alicyclic amines) is 1. The van der Waals surface area contributed by atoms with Crippen LogP contribution in [-0.4, -0.2) is 44.1 Å². The molecule has 1 saturated heterocycles. The molecular weight excluding hydrogens is 436 g/mol. The summed E-state index contributed by atoms with van der Waals surface area (Å²) in [6.45, 7) is 1.40. The van der Waals surface area contributed by atoms with E-state index < -0.39 is 23.8 Å². The second kappa shape index (κ2) is 6.56. The van der Waals surface area contributed by atoms with Crippen molar-refractivity contribution in [1.29, 1.82) is 0 Å². The van der Waals surface area contributed by atoms with Gasteiger partial charge < -0.3 is 10.1 Å². The average molecular weight is 457 g/mol. The molecule has 1 aromatic carbocycles. The molecule has 2 aromatic rings. The number of aromatic nitrogens is 1. The van der Waals surface area contributed by atoms with Crippen LogP contribution in [0.5, 0.6) is 0 Å². The van der Waals surface area contributed by atoms with Gasteiger partial charge in [-0.2, -0.15) is 0 Å². The fraction of sp³-hybridized carbons (Fsp3) is 0.455. The number of thioether (sulfide) groups is 1. The first-order chi connectivity index (χ1) is 14.9. The normalized spacial score (nSPS) is 36.3. The lowest BCUT2D eigenvalue weighted by Crippen LogP contribution is -2.44. The number of carboxylic acid groups (broad SMARTS) is 1. The van der Waals surface area contributed by atoms with Crippen LogP contribution in [0.15, 0.2) is 40.2 Å². The molecule has 160 valence electrons. The Morgan fingerprint density at radius 2 is 1.81 bits per heavy atom. The van der Waals surface area contributed by atoms with E-state index in [9.17, 15) is 24.3 Å². The highest BCUT2D eigenvalue weighted by Crippen LogP contribution is 2.68. The maximum absolute atomic E-state index is 13.3. The van der Waals surface area contributed by atoms with Gasteiger partial charge in [0.25, 0.3) is 0 Å². The lowest BCUT2D eigenvalue weighted by atomic mass is 9.68. The van der Waals surface area contributed by atoms with Gasteiger partial charge in [-0.1, -0.05) is 41.7 Å². The van der Waals surface area contributed by atoms with Crippen molar-refractivity contribution in [2.45, 2.75) is 35.6 Å².